The lowest BCUT2D eigenvalue weighted by Crippen LogP contribution is -2.36. The Morgan fingerprint density at radius 1 is 1.28 bits per heavy atom. The summed E-state index contributed by atoms with van der Waals surface area (Å²) in [7, 11) is 0. The van der Waals surface area contributed by atoms with E-state index in [9.17, 15) is 8.78 Å². The van der Waals surface area contributed by atoms with Gasteiger partial charge in [-0.25, -0.2) is 13.8 Å². The Kier molecular flexibility index (Phi) is 2.78. The summed E-state index contributed by atoms with van der Waals surface area (Å²) in [4.78, 5) is 7.60. The van der Waals surface area contributed by atoms with Crippen LogP contribution in [0.4, 0.5) is 13.9 Å². The first-order valence-corrected chi connectivity index (χ1v) is 6.64. The quantitative estimate of drug-likeness (QED) is 0.825. The van der Waals surface area contributed by atoms with Crippen LogP contribution in [0, 0.1) is 18.6 Å². The second-order valence-electron chi connectivity index (χ2n) is 4.37. The molecule has 0 atom stereocenters. The number of aryl methyl sites for hydroxylation is 1. The highest BCUT2D eigenvalue weighted by molar-refractivity contribution is 7.16. The number of aromatic nitrogens is 1. The van der Waals surface area contributed by atoms with Gasteiger partial charge in [-0.2, -0.15) is 0 Å². The van der Waals surface area contributed by atoms with Gasteiger partial charge in [-0.05, 0) is 25.5 Å². The van der Waals surface area contributed by atoms with Crippen molar-refractivity contribution in [1.82, 2.24) is 4.98 Å². The van der Waals surface area contributed by atoms with E-state index >= 15 is 0 Å². The maximum absolute atomic E-state index is 13.7. The van der Waals surface area contributed by atoms with E-state index in [1.807, 2.05) is 6.92 Å². The van der Waals surface area contributed by atoms with Gasteiger partial charge in [0.25, 0.3) is 0 Å². The predicted molar refractivity (Wildman–Crippen MR) is 69.0 cm³/mol. The standard InChI is InChI=1S/C13H12F2N2S/c1-8-12(10-4-3-9(14)7-11(10)15)16-13(18-8)17-5-2-6-17/h3-4,7H,2,5-6H2,1H3. The minimum Gasteiger partial charge on any atom is -0.348 e. The lowest BCUT2D eigenvalue weighted by Gasteiger charge is -2.30. The first kappa shape index (κ1) is 11.6. The first-order valence-electron chi connectivity index (χ1n) is 5.83. The van der Waals surface area contributed by atoms with Crippen LogP contribution in [0.1, 0.15) is 11.3 Å². The van der Waals surface area contributed by atoms with Crippen LogP contribution >= 0.6 is 11.3 Å². The molecule has 1 aliphatic rings. The maximum atomic E-state index is 13.7. The van der Waals surface area contributed by atoms with Crippen molar-refractivity contribution in [2.24, 2.45) is 0 Å². The molecule has 0 bridgehead atoms. The highest BCUT2D eigenvalue weighted by Gasteiger charge is 2.21. The Bertz CT molecular complexity index is 591. The number of nitrogens with zero attached hydrogens (tertiary/aromatic N) is 2. The SMILES string of the molecule is Cc1sc(N2CCC2)nc1-c1ccc(F)cc1F. The first-order chi connectivity index (χ1) is 8.65. The molecule has 0 spiro atoms. The van der Waals surface area contributed by atoms with Crippen LogP contribution in [0.25, 0.3) is 11.3 Å². The van der Waals surface area contributed by atoms with Crippen molar-refractivity contribution < 1.29 is 8.78 Å². The largest absolute Gasteiger partial charge is 0.348 e. The number of benzene rings is 1. The van der Waals surface area contributed by atoms with Gasteiger partial charge in [0.2, 0.25) is 0 Å². The molecule has 2 heterocycles. The van der Waals surface area contributed by atoms with E-state index in [1.54, 1.807) is 11.3 Å². The molecule has 0 radical (unpaired) electrons. The topological polar surface area (TPSA) is 16.1 Å². The fourth-order valence-corrected chi connectivity index (χ4v) is 2.93. The van der Waals surface area contributed by atoms with Gasteiger partial charge in [-0.3, -0.25) is 0 Å². The summed E-state index contributed by atoms with van der Waals surface area (Å²) in [5, 5.41) is 0.928. The molecule has 0 N–H and O–H groups in total. The lowest BCUT2D eigenvalue weighted by molar-refractivity contribution is 0.585. The summed E-state index contributed by atoms with van der Waals surface area (Å²) >= 11 is 1.56. The molecule has 1 saturated heterocycles. The van der Waals surface area contributed by atoms with Crippen molar-refractivity contribution in [3.05, 3.63) is 34.7 Å². The zero-order valence-electron chi connectivity index (χ0n) is 9.91. The Morgan fingerprint density at radius 3 is 2.67 bits per heavy atom. The number of hydrogen-bond donors (Lipinski definition) is 0. The Hall–Kier alpha value is -1.49. The molecule has 3 rings (SSSR count). The van der Waals surface area contributed by atoms with Crippen LogP contribution in [-0.4, -0.2) is 18.1 Å². The molecule has 0 unspecified atom stereocenters. The lowest BCUT2D eigenvalue weighted by atomic mass is 10.1. The monoisotopic (exact) mass is 266 g/mol. The maximum Gasteiger partial charge on any atom is 0.186 e. The predicted octanol–water partition coefficient (Wildman–Crippen LogP) is 3.61. The third kappa shape index (κ3) is 1.88. The molecular formula is C13H12F2N2S. The third-order valence-electron chi connectivity index (χ3n) is 3.10. The molecule has 1 aliphatic heterocycles. The fourth-order valence-electron chi connectivity index (χ4n) is 1.96. The molecule has 1 aromatic carbocycles. The van der Waals surface area contributed by atoms with E-state index in [2.05, 4.69) is 9.88 Å². The molecule has 1 aromatic heterocycles. The molecule has 18 heavy (non-hydrogen) atoms. The Balaban J connectivity index is 2.02. The van der Waals surface area contributed by atoms with Crippen LogP contribution in [0.2, 0.25) is 0 Å². The van der Waals surface area contributed by atoms with Gasteiger partial charge in [0, 0.05) is 29.6 Å². The summed E-state index contributed by atoms with van der Waals surface area (Å²) in [6.07, 6.45) is 1.18. The minimum atomic E-state index is -0.563. The van der Waals surface area contributed by atoms with Gasteiger partial charge in [0.05, 0.1) is 5.69 Å². The number of thiazole rings is 1. The average molecular weight is 266 g/mol. The van der Waals surface area contributed by atoms with Gasteiger partial charge in [-0.15, -0.1) is 11.3 Å². The second-order valence-corrected chi connectivity index (χ2v) is 5.55. The van der Waals surface area contributed by atoms with E-state index in [1.165, 1.54) is 18.6 Å². The highest BCUT2D eigenvalue weighted by atomic mass is 32.1. The molecule has 1 fully saturated rings. The summed E-state index contributed by atoms with van der Waals surface area (Å²) in [5.74, 6) is -1.12. The molecule has 2 aromatic rings. The minimum absolute atomic E-state index is 0.372. The Labute approximate surface area is 108 Å². The number of rotatable bonds is 2. The fraction of sp³-hybridized carbons (Fsp3) is 0.308. The van der Waals surface area contributed by atoms with Crippen molar-refractivity contribution in [3.63, 3.8) is 0 Å². The second kappa shape index (κ2) is 4.31. The molecular weight excluding hydrogens is 254 g/mol. The smallest absolute Gasteiger partial charge is 0.186 e. The van der Waals surface area contributed by atoms with Crippen molar-refractivity contribution in [3.8, 4) is 11.3 Å². The summed E-state index contributed by atoms with van der Waals surface area (Å²) in [6, 6.07) is 3.62. The number of hydrogen-bond acceptors (Lipinski definition) is 3. The van der Waals surface area contributed by atoms with Gasteiger partial charge < -0.3 is 4.90 Å². The van der Waals surface area contributed by atoms with Gasteiger partial charge >= 0.3 is 0 Å². The zero-order valence-corrected chi connectivity index (χ0v) is 10.7. The van der Waals surface area contributed by atoms with E-state index in [0.29, 0.717) is 11.3 Å². The van der Waals surface area contributed by atoms with Crippen LogP contribution in [0.3, 0.4) is 0 Å². The van der Waals surface area contributed by atoms with E-state index in [4.69, 9.17) is 0 Å². The van der Waals surface area contributed by atoms with Crippen LogP contribution in [-0.2, 0) is 0 Å². The van der Waals surface area contributed by atoms with Crippen molar-refractivity contribution in [1.29, 1.82) is 0 Å². The highest BCUT2D eigenvalue weighted by Crippen LogP contribution is 2.35. The summed E-state index contributed by atoms with van der Waals surface area (Å²) < 4.78 is 26.6. The third-order valence-corrected chi connectivity index (χ3v) is 4.13. The molecule has 0 saturated carbocycles. The molecule has 5 heteroatoms. The van der Waals surface area contributed by atoms with Gasteiger partial charge in [0.15, 0.2) is 5.13 Å². The summed E-state index contributed by atoms with van der Waals surface area (Å²) in [6.45, 7) is 3.94. The molecule has 0 aliphatic carbocycles. The van der Waals surface area contributed by atoms with Crippen LogP contribution < -0.4 is 4.90 Å². The van der Waals surface area contributed by atoms with Crippen LogP contribution in [0.15, 0.2) is 18.2 Å². The van der Waals surface area contributed by atoms with Crippen LogP contribution in [0.5, 0.6) is 0 Å². The summed E-state index contributed by atoms with van der Waals surface area (Å²) in [5.41, 5.74) is 0.997. The van der Waals surface area contributed by atoms with Crippen molar-refractivity contribution in [2.75, 3.05) is 18.0 Å². The van der Waals surface area contributed by atoms with E-state index in [-0.39, 0.29) is 0 Å². The normalized spacial score (nSPS) is 14.7. The molecule has 0 amide bonds. The molecule has 94 valence electrons. The van der Waals surface area contributed by atoms with E-state index in [0.717, 1.165) is 29.2 Å². The van der Waals surface area contributed by atoms with Gasteiger partial charge in [-0.1, -0.05) is 0 Å². The van der Waals surface area contributed by atoms with Crippen molar-refractivity contribution >= 4 is 16.5 Å². The van der Waals surface area contributed by atoms with Crippen molar-refractivity contribution in [2.45, 2.75) is 13.3 Å². The molecule has 2 nitrogen and oxygen atoms in total. The Morgan fingerprint density at radius 2 is 2.06 bits per heavy atom. The zero-order chi connectivity index (χ0) is 12.7. The van der Waals surface area contributed by atoms with E-state index < -0.39 is 11.6 Å². The van der Waals surface area contributed by atoms with Gasteiger partial charge in [0.1, 0.15) is 11.6 Å². The number of anilines is 1. The number of halogens is 2. The average Bonchev–Trinajstić information content (AvgIpc) is 2.57.